The van der Waals surface area contributed by atoms with Crippen molar-refractivity contribution in [1.29, 1.82) is 0 Å². The van der Waals surface area contributed by atoms with E-state index in [4.69, 9.17) is 0 Å². The molecule has 1 aliphatic rings. The number of aromatic nitrogens is 1. The molecular weight excluding hydrogens is 510 g/mol. The van der Waals surface area contributed by atoms with Gasteiger partial charge in [-0.25, -0.2) is 17.8 Å². The molecule has 204 valence electrons. The fourth-order valence-electron chi connectivity index (χ4n) is 4.67. The summed E-state index contributed by atoms with van der Waals surface area (Å²) in [5.41, 5.74) is -0.0290. The van der Waals surface area contributed by atoms with E-state index in [9.17, 15) is 30.8 Å². The average molecular weight is 544 g/mol. The van der Waals surface area contributed by atoms with Crippen LogP contribution in [-0.2, 0) is 34.0 Å². The zero-order valence-electron chi connectivity index (χ0n) is 21.0. The van der Waals surface area contributed by atoms with Crippen molar-refractivity contribution in [3.63, 3.8) is 0 Å². The Balaban J connectivity index is 1.67. The summed E-state index contributed by atoms with van der Waals surface area (Å²) in [6.07, 6.45) is 4.34. The number of aryl methyl sites for hydroxylation is 1. The second kappa shape index (κ2) is 12.2. The fourth-order valence-corrected chi connectivity index (χ4v) is 5.23. The number of hydrogen-bond donors (Lipinski definition) is 2. The molecule has 0 aliphatic heterocycles. The quantitative estimate of drug-likeness (QED) is 0.364. The maximum atomic E-state index is 14.3. The van der Waals surface area contributed by atoms with E-state index in [1.807, 2.05) is 0 Å². The number of carbonyl (C=O) groups excluding carboxylic acids is 1. The zero-order chi connectivity index (χ0) is 27.2. The number of nitrogens with zero attached hydrogens (tertiary/aromatic N) is 1. The summed E-state index contributed by atoms with van der Waals surface area (Å²) in [5.74, 6) is -1.45. The van der Waals surface area contributed by atoms with Crippen LogP contribution < -0.4 is 10.0 Å². The fraction of sp³-hybridized carbons (Fsp3) is 0.538. The molecule has 37 heavy (non-hydrogen) atoms. The molecule has 1 amide bonds. The number of halogens is 4. The van der Waals surface area contributed by atoms with Crippen LogP contribution in [0, 0.1) is 11.7 Å². The maximum Gasteiger partial charge on any atom is 0.433 e. The largest absolute Gasteiger partial charge is 0.433 e. The van der Waals surface area contributed by atoms with E-state index >= 15 is 0 Å². The van der Waals surface area contributed by atoms with E-state index < -0.39 is 39.5 Å². The van der Waals surface area contributed by atoms with E-state index in [0.717, 1.165) is 44.1 Å². The lowest BCUT2D eigenvalue weighted by molar-refractivity contribution is -0.141. The zero-order valence-corrected chi connectivity index (χ0v) is 21.8. The minimum absolute atomic E-state index is 0.0106. The Morgan fingerprint density at radius 3 is 2.46 bits per heavy atom. The van der Waals surface area contributed by atoms with Gasteiger partial charge < -0.3 is 5.32 Å². The molecule has 6 nitrogen and oxygen atoms in total. The highest BCUT2D eigenvalue weighted by Gasteiger charge is 2.33. The van der Waals surface area contributed by atoms with E-state index in [2.05, 4.69) is 15.0 Å². The number of rotatable bonds is 10. The minimum Gasteiger partial charge on any atom is -0.351 e. The van der Waals surface area contributed by atoms with Gasteiger partial charge in [0.2, 0.25) is 15.9 Å². The number of anilines is 1. The minimum atomic E-state index is -4.56. The van der Waals surface area contributed by atoms with Crippen LogP contribution in [0.15, 0.2) is 30.3 Å². The van der Waals surface area contributed by atoms with Gasteiger partial charge in [0.15, 0.2) is 0 Å². The maximum absolute atomic E-state index is 14.3. The van der Waals surface area contributed by atoms with Gasteiger partial charge in [-0.05, 0) is 55.0 Å². The predicted octanol–water partition coefficient (Wildman–Crippen LogP) is 5.93. The Bertz CT molecular complexity index is 1200. The van der Waals surface area contributed by atoms with Crippen molar-refractivity contribution < 1.29 is 30.8 Å². The second-order valence-electron chi connectivity index (χ2n) is 9.75. The first-order chi connectivity index (χ1) is 17.3. The number of pyridine rings is 1. The van der Waals surface area contributed by atoms with Crippen LogP contribution in [0.2, 0.25) is 0 Å². The number of benzene rings is 1. The van der Waals surface area contributed by atoms with Gasteiger partial charge in [-0.3, -0.25) is 9.52 Å². The molecule has 2 aromatic rings. The van der Waals surface area contributed by atoms with Crippen LogP contribution in [0.5, 0.6) is 0 Å². The van der Waals surface area contributed by atoms with Crippen molar-refractivity contribution >= 4 is 21.6 Å². The lowest BCUT2D eigenvalue weighted by Gasteiger charge is -2.21. The number of carbonyl (C=O) groups is 1. The molecule has 1 saturated carbocycles. The van der Waals surface area contributed by atoms with Crippen molar-refractivity contribution in [2.45, 2.75) is 76.9 Å². The van der Waals surface area contributed by atoms with Gasteiger partial charge in [-0.1, -0.05) is 50.7 Å². The third-order valence-corrected chi connectivity index (χ3v) is 7.34. The van der Waals surface area contributed by atoms with Gasteiger partial charge in [-0.15, -0.1) is 0 Å². The first-order valence-corrected chi connectivity index (χ1v) is 14.3. The highest BCUT2D eigenvalue weighted by atomic mass is 32.2. The molecule has 11 heteroatoms. The summed E-state index contributed by atoms with van der Waals surface area (Å²) in [5, 5.41) is 2.71. The summed E-state index contributed by atoms with van der Waals surface area (Å²) in [4.78, 5) is 16.6. The first-order valence-electron chi connectivity index (χ1n) is 12.4. The van der Waals surface area contributed by atoms with Gasteiger partial charge >= 0.3 is 6.18 Å². The van der Waals surface area contributed by atoms with Crippen molar-refractivity contribution in [2.75, 3.05) is 11.0 Å². The third kappa shape index (κ3) is 8.69. The van der Waals surface area contributed by atoms with Crippen LogP contribution in [0.3, 0.4) is 0 Å². The number of sulfonamides is 1. The first kappa shape index (κ1) is 28.9. The van der Waals surface area contributed by atoms with Crippen LogP contribution in [0.1, 0.15) is 80.3 Å². The monoisotopic (exact) mass is 543 g/mol. The molecule has 1 unspecified atom stereocenters. The van der Waals surface area contributed by atoms with Crippen molar-refractivity contribution in [1.82, 2.24) is 10.3 Å². The molecule has 1 aromatic heterocycles. The van der Waals surface area contributed by atoms with E-state index in [1.165, 1.54) is 37.5 Å². The van der Waals surface area contributed by atoms with Gasteiger partial charge in [0.05, 0.1) is 17.9 Å². The molecule has 1 aliphatic carbocycles. The number of amides is 1. The molecule has 0 radical (unpaired) electrons. The standard InChI is InChI=1S/C26H33F4N3O3S/c1-17(19-11-13-23(21(27)15-19)33-37(2,35)36)25(34)31-16-20-12-14-24(26(28,29)30)32-22(20)10-6-9-18-7-4-3-5-8-18/h11-15,17-18,33H,3-10,16H2,1-2H3,(H,31,34). The summed E-state index contributed by atoms with van der Waals surface area (Å²) in [7, 11) is -3.66. The van der Waals surface area contributed by atoms with Gasteiger partial charge in [0.1, 0.15) is 11.5 Å². The smallest absolute Gasteiger partial charge is 0.351 e. The van der Waals surface area contributed by atoms with Crippen molar-refractivity contribution in [3.05, 3.63) is 58.7 Å². The Morgan fingerprint density at radius 2 is 1.84 bits per heavy atom. The normalized spacial score (nSPS) is 15.8. The molecule has 0 bridgehead atoms. The summed E-state index contributed by atoms with van der Waals surface area (Å²) < 4.78 is 78.9. The predicted molar refractivity (Wildman–Crippen MR) is 134 cm³/mol. The van der Waals surface area contributed by atoms with E-state index in [1.54, 1.807) is 6.92 Å². The third-order valence-electron chi connectivity index (χ3n) is 6.74. The molecular formula is C26H33F4N3O3S. The molecule has 1 aromatic carbocycles. The van der Waals surface area contributed by atoms with Crippen LogP contribution in [0.25, 0.3) is 0 Å². The summed E-state index contributed by atoms with van der Waals surface area (Å²) in [6, 6.07) is 6.02. The van der Waals surface area contributed by atoms with Crippen LogP contribution >= 0.6 is 0 Å². The topological polar surface area (TPSA) is 88.2 Å². The Labute approximate surface area is 215 Å². The molecule has 0 saturated heterocycles. The molecule has 1 fully saturated rings. The van der Waals surface area contributed by atoms with Crippen LogP contribution in [-0.4, -0.2) is 25.6 Å². The summed E-state index contributed by atoms with van der Waals surface area (Å²) in [6.45, 7) is 1.55. The second-order valence-corrected chi connectivity index (χ2v) is 11.5. The highest BCUT2D eigenvalue weighted by molar-refractivity contribution is 7.92. The molecule has 3 rings (SSSR count). The Morgan fingerprint density at radius 1 is 1.14 bits per heavy atom. The number of alkyl halides is 3. The van der Waals surface area contributed by atoms with Gasteiger partial charge in [-0.2, -0.15) is 13.2 Å². The van der Waals surface area contributed by atoms with Crippen molar-refractivity contribution in [3.8, 4) is 0 Å². The number of hydrogen-bond acceptors (Lipinski definition) is 4. The SMILES string of the molecule is CC(C(=O)NCc1ccc(C(F)(F)F)nc1CCCC1CCCCC1)c1ccc(NS(C)(=O)=O)c(F)c1. The Kier molecular flexibility index (Phi) is 9.55. The molecule has 2 N–H and O–H groups in total. The van der Waals surface area contributed by atoms with Gasteiger partial charge in [0.25, 0.3) is 0 Å². The lowest BCUT2D eigenvalue weighted by atomic mass is 9.85. The lowest BCUT2D eigenvalue weighted by Crippen LogP contribution is -2.28. The highest BCUT2D eigenvalue weighted by Crippen LogP contribution is 2.30. The van der Waals surface area contributed by atoms with Gasteiger partial charge in [0, 0.05) is 12.2 Å². The van der Waals surface area contributed by atoms with Crippen LogP contribution in [0.4, 0.5) is 23.2 Å². The Hall–Kier alpha value is -2.69. The van der Waals surface area contributed by atoms with E-state index in [-0.39, 0.29) is 12.2 Å². The van der Waals surface area contributed by atoms with E-state index in [0.29, 0.717) is 29.2 Å². The van der Waals surface area contributed by atoms with Crippen molar-refractivity contribution in [2.24, 2.45) is 5.92 Å². The summed E-state index contributed by atoms with van der Waals surface area (Å²) >= 11 is 0. The average Bonchev–Trinajstić information content (AvgIpc) is 2.83. The molecule has 1 heterocycles. The molecule has 1 atom stereocenters. The molecule has 0 spiro atoms. The number of nitrogens with one attached hydrogen (secondary N) is 2.